The van der Waals surface area contributed by atoms with Crippen LogP contribution in [0.3, 0.4) is 0 Å². The van der Waals surface area contributed by atoms with Crippen LogP contribution < -0.4 is 10.2 Å². The van der Waals surface area contributed by atoms with Gasteiger partial charge in [0.1, 0.15) is 6.17 Å². The fraction of sp³-hybridized carbons (Fsp3) is 0.577. The Kier molecular flexibility index (Phi) is 5.68. The average Bonchev–Trinajstić information content (AvgIpc) is 2.98. The minimum absolute atomic E-state index is 0.118. The van der Waals surface area contributed by atoms with Gasteiger partial charge in [-0.15, -0.1) is 0 Å². The van der Waals surface area contributed by atoms with Crippen molar-refractivity contribution < 1.29 is 14.4 Å². The van der Waals surface area contributed by atoms with E-state index in [4.69, 9.17) is 0 Å². The van der Waals surface area contributed by atoms with Crippen molar-refractivity contribution in [3.8, 4) is 0 Å². The zero-order chi connectivity index (χ0) is 23.4. The summed E-state index contributed by atoms with van der Waals surface area (Å²) in [6.07, 6.45) is 5.46. The van der Waals surface area contributed by atoms with Crippen LogP contribution in [0, 0.1) is 25.7 Å². The van der Waals surface area contributed by atoms with Crippen LogP contribution in [0.2, 0.25) is 0 Å². The van der Waals surface area contributed by atoms with E-state index in [1.54, 1.807) is 4.90 Å². The van der Waals surface area contributed by atoms with Gasteiger partial charge in [-0.05, 0) is 82.7 Å². The molecule has 0 unspecified atom stereocenters. The van der Waals surface area contributed by atoms with Crippen LogP contribution in [0.4, 0.5) is 10.5 Å². The van der Waals surface area contributed by atoms with Crippen molar-refractivity contribution in [2.45, 2.75) is 85.4 Å². The lowest BCUT2D eigenvalue weighted by Gasteiger charge is -2.42. The molecule has 1 saturated carbocycles. The van der Waals surface area contributed by atoms with Crippen LogP contribution in [-0.4, -0.2) is 34.5 Å². The molecular formula is C26H35N3O3. The third-order valence-electron chi connectivity index (χ3n) is 7.49. The van der Waals surface area contributed by atoms with E-state index in [2.05, 4.69) is 37.4 Å². The molecule has 32 heavy (non-hydrogen) atoms. The molecule has 2 aliphatic heterocycles. The second kappa shape index (κ2) is 8.05. The third kappa shape index (κ3) is 3.54. The normalized spacial score (nSPS) is 25.2. The van der Waals surface area contributed by atoms with E-state index in [9.17, 15) is 14.4 Å². The zero-order valence-corrected chi connectivity index (χ0v) is 20.1. The molecule has 1 aromatic rings. The van der Waals surface area contributed by atoms with Crippen LogP contribution in [0.15, 0.2) is 18.2 Å². The van der Waals surface area contributed by atoms with E-state index in [-0.39, 0.29) is 29.7 Å². The fourth-order valence-electron chi connectivity index (χ4n) is 5.71. The number of aryl methyl sites for hydroxylation is 2. The maximum absolute atomic E-state index is 13.7. The Morgan fingerprint density at radius 3 is 2.19 bits per heavy atom. The van der Waals surface area contributed by atoms with Crippen LogP contribution in [0.5, 0.6) is 0 Å². The standard InChI is InChI=1S/C26H35N3O3/c1-7-22(28-23(30)18-10-8-9-11-19(18)24(28)31)27-25(32)29-21-13-16(3)15(2)12-20(21)17(4)14-26(29,5)6/h12-14,18-19,22H,7-11H2,1-6H3,(H,27,32)/t18-,19-,22-/m0/s1. The van der Waals surface area contributed by atoms with Crippen molar-refractivity contribution in [2.75, 3.05) is 4.90 Å². The second-order valence-electron chi connectivity index (χ2n) is 10.2. The van der Waals surface area contributed by atoms with Gasteiger partial charge in [-0.1, -0.05) is 25.8 Å². The highest BCUT2D eigenvalue weighted by atomic mass is 16.2. The molecule has 1 aromatic carbocycles. The lowest BCUT2D eigenvalue weighted by Crippen LogP contribution is -2.59. The van der Waals surface area contributed by atoms with E-state index in [0.717, 1.165) is 48.1 Å². The molecule has 2 heterocycles. The number of urea groups is 1. The number of hydrogen-bond acceptors (Lipinski definition) is 3. The lowest BCUT2D eigenvalue weighted by atomic mass is 9.81. The molecular weight excluding hydrogens is 402 g/mol. The van der Waals surface area contributed by atoms with Gasteiger partial charge < -0.3 is 5.32 Å². The molecule has 6 nitrogen and oxygen atoms in total. The van der Waals surface area contributed by atoms with Gasteiger partial charge in [0.05, 0.1) is 23.1 Å². The molecule has 3 atom stereocenters. The van der Waals surface area contributed by atoms with Crippen LogP contribution in [0.25, 0.3) is 5.57 Å². The number of imide groups is 1. The molecule has 1 aliphatic carbocycles. The minimum atomic E-state index is -0.633. The zero-order valence-electron chi connectivity index (χ0n) is 20.1. The van der Waals surface area contributed by atoms with E-state index in [1.165, 1.54) is 10.5 Å². The minimum Gasteiger partial charge on any atom is -0.317 e. The molecule has 1 N–H and O–H groups in total. The van der Waals surface area contributed by atoms with Gasteiger partial charge in [0.25, 0.3) is 0 Å². The summed E-state index contributed by atoms with van der Waals surface area (Å²) in [5, 5.41) is 3.04. The van der Waals surface area contributed by atoms with E-state index < -0.39 is 11.7 Å². The third-order valence-corrected chi connectivity index (χ3v) is 7.49. The Bertz CT molecular complexity index is 986. The van der Waals surface area contributed by atoms with Crippen molar-refractivity contribution in [2.24, 2.45) is 11.8 Å². The smallest absolute Gasteiger partial charge is 0.317 e. The van der Waals surface area contributed by atoms with Gasteiger partial charge >= 0.3 is 6.03 Å². The summed E-state index contributed by atoms with van der Waals surface area (Å²) in [5.74, 6) is -0.671. The topological polar surface area (TPSA) is 69.7 Å². The SMILES string of the molecule is CC[C@@H](NC(=O)N1c2cc(C)c(C)cc2C(C)=CC1(C)C)N1C(=O)[C@H]2CCCC[C@@H]2C1=O. The van der Waals surface area contributed by atoms with Crippen molar-refractivity contribution in [3.63, 3.8) is 0 Å². The van der Waals surface area contributed by atoms with Crippen molar-refractivity contribution >= 4 is 29.1 Å². The van der Waals surface area contributed by atoms with Crippen LogP contribution in [0.1, 0.15) is 76.5 Å². The highest BCUT2D eigenvalue weighted by Gasteiger charge is 2.51. The molecule has 1 saturated heterocycles. The van der Waals surface area contributed by atoms with Gasteiger partial charge in [0, 0.05) is 5.56 Å². The first-order valence-electron chi connectivity index (χ1n) is 11.9. The molecule has 172 valence electrons. The monoisotopic (exact) mass is 437 g/mol. The summed E-state index contributed by atoms with van der Waals surface area (Å²) >= 11 is 0. The number of rotatable bonds is 3. The van der Waals surface area contributed by atoms with Crippen molar-refractivity contribution in [1.82, 2.24) is 10.2 Å². The summed E-state index contributed by atoms with van der Waals surface area (Å²) < 4.78 is 0. The molecule has 3 aliphatic rings. The number of hydrogen-bond donors (Lipinski definition) is 1. The largest absolute Gasteiger partial charge is 0.324 e. The number of amides is 4. The van der Waals surface area contributed by atoms with Crippen LogP contribution >= 0.6 is 0 Å². The van der Waals surface area contributed by atoms with Crippen molar-refractivity contribution in [1.29, 1.82) is 0 Å². The van der Waals surface area contributed by atoms with Crippen molar-refractivity contribution in [3.05, 3.63) is 34.9 Å². The Hall–Kier alpha value is -2.63. The van der Waals surface area contributed by atoms with E-state index in [0.29, 0.717) is 6.42 Å². The molecule has 2 fully saturated rings. The van der Waals surface area contributed by atoms with Gasteiger partial charge in [0.15, 0.2) is 0 Å². The Labute approximate surface area is 191 Å². The fourth-order valence-corrected chi connectivity index (χ4v) is 5.71. The Morgan fingerprint density at radius 1 is 1.06 bits per heavy atom. The first kappa shape index (κ1) is 22.6. The number of anilines is 1. The summed E-state index contributed by atoms with van der Waals surface area (Å²) in [6.45, 7) is 12.1. The van der Waals surface area contributed by atoms with Gasteiger partial charge in [-0.3, -0.25) is 19.4 Å². The number of nitrogens with zero attached hydrogens (tertiary/aromatic N) is 2. The number of likely N-dealkylation sites (tertiary alicyclic amines) is 1. The quantitative estimate of drug-likeness (QED) is 0.682. The van der Waals surface area contributed by atoms with E-state index >= 15 is 0 Å². The highest BCUT2D eigenvalue weighted by Crippen LogP contribution is 2.41. The van der Waals surface area contributed by atoms with Gasteiger partial charge in [-0.25, -0.2) is 4.79 Å². The molecule has 4 rings (SSSR count). The number of allylic oxidation sites excluding steroid dienone is 1. The second-order valence-corrected chi connectivity index (χ2v) is 10.2. The lowest BCUT2D eigenvalue weighted by molar-refractivity contribution is -0.143. The molecule has 0 aromatic heterocycles. The predicted molar refractivity (Wildman–Crippen MR) is 126 cm³/mol. The Morgan fingerprint density at radius 2 is 1.62 bits per heavy atom. The Balaban J connectivity index is 1.65. The maximum Gasteiger partial charge on any atom is 0.324 e. The van der Waals surface area contributed by atoms with E-state index in [1.807, 2.05) is 27.7 Å². The molecule has 6 heteroatoms. The first-order chi connectivity index (χ1) is 15.1. The first-order valence-corrected chi connectivity index (χ1v) is 11.9. The molecule has 0 radical (unpaired) electrons. The predicted octanol–water partition coefficient (Wildman–Crippen LogP) is 4.93. The summed E-state index contributed by atoms with van der Waals surface area (Å²) in [6, 6.07) is 3.90. The molecule has 0 bridgehead atoms. The van der Waals surface area contributed by atoms with Gasteiger partial charge in [0.2, 0.25) is 11.8 Å². The molecule has 4 amide bonds. The number of carbonyl (C=O) groups excluding carboxylic acids is 3. The maximum atomic E-state index is 13.7. The average molecular weight is 438 g/mol. The van der Waals surface area contributed by atoms with Crippen LogP contribution in [-0.2, 0) is 9.59 Å². The summed E-state index contributed by atoms with van der Waals surface area (Å²) in [4.78, 5) is 43.0. The number of fused-ring (bicyclic) bond motifs is 2. The summed E-state index contributed by atoms with van der Waals surface area (Å²) in [7, 11) is 0. The number of benzene rings is 1. The van der Waals surface area contributed by atoms with Gasteiger partial charge in [-0.2, -0.15) is 0 Å². The molecule has 0 spiro atoms. The highest BCUT2D eigenvalue weighted by molar-refractivity contribution is 6.06. The summed E-state index contributed by atoms with van der Waals surface area (Å²) in [5.41, 5.74) is 4.78. The number of carbonyl (C=O) groups is 3. The number of nitrogens with one attached hydrogen (secondary N) is 1.